The number of carbonyl (C=O) groups excluding carboxylic acids is 1. The Kier molecular flexibility index (Phi) is 4.83. The van der Waals surface area contributed by atoms with Crippen molar-refractivity contribution >= 4 is 17.2 Å². The molecule has 4 heteroatoms. The first kappa shape index (κ1) is 15.4. The second kappa shape index (κ2) is 7.20. The number of hydrogen-bond acceptors (Lipinski definition) is 3. The first-order chi connectivity index (χ1) is 11.2. The lowest BCUT2D eigenvalue weighted by Crippen LogP contribution is -2.22. The van der Waals surface area contributed by atoms with Crippen molar-refractivity contribution in [3.8, 4) is 0 Å². The van der Waals surface area contributed by atoms with E-state index in [4.69, 9.17) is 0 Å². The number of aryl methyl sites for hydroxylation is 1. The van der Waals surface area contributed by atoms with Crippen LogP contribution in [0.4, 0.5) is 0 Å². The third-order valence-electron chi connectivity index (χ3n) is 3.54. The molecule has 0 aliphatic carbocycles. The van der Waals surface area contributed by atoms with Crippen LogP contribution in [0.15, 0.2) is 60.7 Å². The van der Waals surface area contributed by atoms with Gasteiger partial charge in [0.1, 0.15) is 4.88 Å². The Bertz CT molecular complexity index is 782. The van der Waals surface area contributed by atoms with Crippen LogP contribution in [0.3, 0.4) is 0 Å². The lowest BCUT2D eigenvalue weighted by atomic mass is 10.2. The molecule has 0 saturated carbocycles. The molecule has 23 heavy (non-hydrogen) atoms. The average molecular weight is 322 g/mol. The molecule has 0 unspecified atom stereocenters. The fourth-order valence-corrected chi connectivity index (χ4v) is 3.38. The number of aromatic nitrogens is 1. The third kappa shape index (κ3) is 4.05. The third-order valence-corrected chi connectivity index (χ3v) is 4.70. The first-order valence-electron chi connectivity index (χ1n) is 7.55. The molecule has 0 aliphatic rings. The molecule has 0 atom stereocenters. The summed E-state index contributed by atoms with van der Waals surface area (Å²) in [6.07, 6.45) is 0.762. The van der Waals surface area contributed by atoms with Gasteiger partial charge in [0.15, 0.2) is 0 Å². The predicted octanol–water partition coefficient (Wildman–Crippen LogP) is 3.97. The van der Waals surface area contributed by atoms with E-state index >= 15 is 0 Å². The first-order valence-corrected chi connectivity index (χ1v) is 8.36. The molecule has 1 heterocycles. The summed E-state index contributed by atoms with van der Waals surface area (Å²) in [4.78, 5) is 17.6. The fraction of sp³-hybridized carbons (Fsp3) is 0.158. The van der Waals surface area contributed by atoms with Crippen molar-refractivity contribution in [3.05, 3.63) is 87.4 Å². The smallest absolute Gasteiger partial charge is 0.263 e. The second-order valence-electron chi connectivity index (χ2n) is 5.35. The average Bonchev–Trinajstić information content (AvgIpc) is 2.95. The van der Waals surface area contributed by atoms with Gasteiger partial charge in [-0.2, -0.15) is 0 Å². The molecule has 1 amide bonds. The molecule has 0 radical (unpaired) electrons. The summed E-state index contributed by atoms with van der Waals surface area (Å²) in [6.45, 7) is 2.42. The highest BCUT2D eigenvalue weighted by atomic mass is 32.1. The summed E-state index contributed by atoms with van der Waals surface area (Å²) < 4.78 is 0. The summed E-state index contributed by atoms with van der Waals surface area (Å²) in [6, 6.07) is 20.1. The molecule has 0 aliphatic heterocycles. The topological polar surface area (TPSA) is 42.0 Å². The van der Waals surface area contributed by atoms with Crippen LogP contribution in [0.5, 0.6) is 0 Å². The second-order valence-corrected chi connectivity index (χ2v) is 6.44. The molecule has 116 valence electrons. The SMILES string of the molecule is Cc1nc(Cc2ccccc2)sc1C(=O)NCc1ccccc1. The molecule has 1 N–H and O–H groups in total. The van der Waals surface area contributed by atoms with Crippen molar-refractivity contribution in [3.63, 3.8) is 0 Å². The van der Waals surface area contributed by atoms with Crippen LogP contribution in [-0.2, 0) is 13.0 Å². The molecule has 1 aromatic heterocycles. The number of hydrogen-bond donors (Lipinski definition) is 1. The van der Waals surface area contributed by atoms with Crippen LogP contribution >= 0.6 is 11.3 Å². The molecule has 3 aromatic rings. The van der Waals surface area contributed by atoms with Crippen molar-refractivity contribution in [2.24, 2.45) is 0 Å². The van der Waals surface area contributed by atoms with Gasteiger partial charge >= 0.3 is 0 Å². The Morgan fingerprint density at radius 3 is 2.26 bits per heavy atom. The van der Waals surface area contributed by atoms with Crippen molar-refractivity contribution in [2.75, 3.05) is 0 Å². The van der Waals surface area contributed by atoms with E-state index in [1.54, 1.807) is 0 Å². The van der Waals surface area contributed by atoms with E-state index in [-0.39, 0.29) is 5.91 Å². The van der Waals surface area contributed by atoms with E-state index in [2.05, 4.69) is 22.4 Å². The molecule has 3 nitrogen and oxygen atoms in total. The van der Waals surface area contributed by atoms with Crippen LogP contribution in [0.1, 0.15) is 31.5 Å². The van der Waals surface area contributed by atoms with Crippen LogP contribution < -0.4 is 5.32 Å². The van der Waals surface area contributed by atoms with E-state index in [0.29, 0.717) is 11.4 Å². The number of thiazole rings is 1. The van der Waals surface area contributed by atoms with Crippen LogP contribution in [0, 0.1) is 6.92 Å². The molecular weight excluding hydrogens is 304 g/mol. The molecule has 2 aromatic carbocycles. The van der Waals surface area contributed by atoms with Crippen molar-refractivity contribution in [1.82, 2.24) is 10.3 Å². The minimum atomic E-state index is -0.0526. The maximum Gasteiger partial charge on any atom is 0.263 e. The maximum atomic E-state index is 12.4. The van der Waals surface area contributed by atoms with Gasteiger partial charge < -0.3 is 5.32 Å². The van der Waals surface area contributed by atoms with Crippen LogP contribution in [-0.4, -0.2) is 10.9 Å². The number of benzene rings is 2. The van der Waals surface area contributed by atoms with Gasteiger partial charge in [-0.05, 0) is 18.1 Å². The van der Waals surface area contributed by atoms with Gasteiger partial charge in [-0.25, -0.2) is 4.98 Å². The standard InChI is InChI=1S/C19H18N2OS/c1-14-18(19(22)20-13-16-10-6-3-7-11-16)23-17(21-14)12-15-8-4-2-5-9-15/h2-11H,12-13H2,1H3,(H,20,22). The molecule has 3 rings (SSSR count). The highest BCUT2D eigenvalue weighted by Crippen LogP contribution is 2.21. The zero-order chi connectivity index (χ0) is 16.1. The number of amides is 1. The van der Waals surface area contributed by atoms with Gasteiger partial charge in [0.25, 0.3) is 5.91 Å². The zero-order valence-corrected chi connectivity index (χ0v) is 13.8. The van der Waals surface area contributed by atoms with Crippen LogP contribution in [0.2, 0.25) is 0 Å². The Hall–Kier alpha value is -2.46. The minimum Gasteiger partial charge on any atom is -0.347 e. The van der Waals surface area contributed by atoms with E-state index in [9.17, 15) is 4.79 Å². The fourth-order valence-electron chi connectivity index (χ4n) is 2.37. The Morgan fingerprint density at radius 1 is 1.00 bits per heavy atom. The van der Waals surface area contributed by atoms with Crippen molar-refractivity contribution in [1.29, 1.82) is 0 Å². The number of nitrogens with one attached hydrogen (secondary N) is 1. The molecular formula is C19H18N2OS. The summed E-state index contributed by atoms with van der Waals surface area (Å²) in [5.41, 5.74) is 3.09. The van der Waals surface area contributed by atoms with Crippen LogP contribution in [0.25, 0.3) is 0 Å². The molecule has 0 fully saturated rings. The molecule has 0 saturated heterocycles. The lowest BCUT2D eigenvalue weighted by molar-refractivity contribution is 0.0954. The van der Waals surface area contributed by atoms with Gasteiger partial charge in [0.2, 0.25) is 0 Å². The van der Waals surface area contributed by atoms with Crippen molar-refractivity contribution < 1.29 is 4.79 Å². The van der Waals surface area contributed by atoms with Gasteiger partial charge in [-0.1, -0.05) is 60.7 Å². The van der Waals surface area contributed by atoms with Gasteiger partial charge in [-0.15, -0.1) is 11.3 Å². The number of rotatable bonds is 5. The Balaban J connectivity index is 1.67. The van der Waals surface area contributed by atoms with Crippen molar-refractivity contribution in [2.45, 2.75) is 19.9 Å². The monoisotopic (exact) mass is 322 g/mol. The number of nitrogens with zero attached hydrogens (tertiary/aromatic N) is 1. The molecule has 0 bridgehead atoms. The van der Waals surface area contributed by atoms with E-state index in [0.717, 1.165) is 22.7 Å². The predicted molar refractivity (Wildman–Crippen MR) is 93.7 cm³/mol. The maximum absolute atomic E-state index is 12.4. The quantitative estimate of drug-likeness (QED) is 0.772. The lowest BCUT2D eigenvalue weighted by Gasteiger charge is -2.03. The van der Waals surface area contributed by atoms with Gasteiger partial charge in [-0.3, -0.25) is 4.79 Å². The summed E-state index contributed by atoms with van der Waals surface area (Å²) >= 11 is 1.47. The van der Waals surface area contributed by atoms with E-state index < -0.39 is 0 Å². The van der Waals surface area contributed by atoms with E-state index in [1.165, 1.54) is 16.9 Å². The zero-order valence-electron chi connectivity index (χ0n) is 13.0. The van der Waals surface area contributed by atoms with E-state index in [1.807, 2.05) is 55.5 Å². The Labute approximate surface area is 140 Å². The largest absolute Gasteiger partial charge is 0.347 e. The van der Waals surface area contributed by atoms with Gasteiger partial charge in [0, 0.05) is 13.0 Å². The number of carbonyl (C=O) groups is 1. The minimum absolute atomic E-state index is 0.0526. The Morgan fingerprint density at radius 2 is 1.61 bits per heavy atom. The highest BCUT2D eigenvalue weighted by Gasteiger charge is 2.15. The van der Waals surface area contributed by atoms with Gasteiger partial charge in [0.05, 0.1) is 10.7 Å². The summed E-state index contributed by atoms with van der Waals surface area (Å²) in [7, 11) is 0. The molecule has 0 spiro atoms. The highest BCUT2D eigenvalue weighted by molar-refractivity contribution is 7.13. The normalized spacial score (nSPS) is 10.5. The summed E-state index contributed by atoms with van der Waals surface area (Å²) in [5.74, 6) is -0.0526. The summed E-state index contributed by atoms with van der Waals surface area (Å²) in [5, 5.41) is 3.94.